The van der Waals surface area contributed by atoms with Crippen LogP contribution < -0.4 is 15.5 Å². The summed E-state index contributed by atoms with van der Waals surface area (Å²) >= 11 is 0. The molecule has 0 fully saturated rings. The minimum Gasteiger partial charge on any atom is -0.377 e. The van der Waals surface area contributed by atoms with Crippen molar-refractivity contribution in [1.82, 2.24) is 10.2 Å². The fourth-order valence-electron chi connectivity index (χ4n) is 2.97. The van der Waals surface area contributed by atoms with E-state index in [4.69, 9.17) is 0 Å². The van der Waals surface area contributed by atoms with Crippen molar-refractivity contribution in [3.63, 3.8) is 0 Å². The topological polar surface area (TPSA) is 64.7 Å². The average Bonchev–Trinajstić information content (AvgIpc) is 2.57. The molecule has 1 unspecified atom stereocenters. The highest BCUT2D eigenvalue weighted by Crippen LogP contribution is 2.26. The van der Waals surface area contributed by atoms with Crippen LogP contribution in [0.25, 0.3) is 0 Å². The van der Waals surface area contributed by atoms with Crippen molar-refractivity contribution in [3.8, 4) is 0 Å². The Bertz CT molecular complexity index is 656. The molecule has 1 aromatic rings. The van der Waals surface area contributed by atoms with Crippen molar-refractivity contribution in [2.24, 2.45) is 5.92 Å². The van der Waals surface area contributed by atoms with Crippen LogP contribution in [-0.4, -0.2) is 43.0 Å². The molecule has 0 heterocycles. The molecule has 3 amide bonds. The summed E-state index contributed by atoms with van der Waals surface area (Å²) in [5, 5.41) is 5.98. The molecular formula is C22H38N4O2. The number of nitrogens with zero attached hydrogens (tertiary/aromatic N) is 2. The standard InChI is InChI=1S/C22H38N4O2/c1-9-17(6)26(22(28)23-16(4)5)14-18-13-19(10-11-20(18)25(7)8)24-21(27)12-15(2)3/h10-11,13,15-17H,9,12,14H2,1-8H3,(H,23,28)(H,24,27). The fourth-order valence-corrected chi connectivity index (χ4v) is 2.97. The minimum absolute atomic E-state index is 0.00915. The quantitative estimate of drug-likeness (QED) is 0.654. The molecule has 6 nitrogen and oxygen atoms in total. The highest BCUT2D eigenvalue weighted by atomic mass is 16.2. The van der Waals surface area contributed by atoms with Crippen molar-refractivity contribution < 1.29 is 9.59 Å². The van der Waals surface area contributed by atoms with Gasteiger partial charge in [-0.1, -0.05) is 20.8 Å². The molecule has 0 bridgehead atoms. The Morgan fingerprint density at radius 2 is 1.71 bits per heavy atom. The van der Waals surface area contributed by atoms with Crippen LogP contribution >= 0.6 is 0 Å². The summed E-state index contributed by atoms with van der Waals surface area (Å²) in [5.74, 6) is 0.316. The Hall–Kier alpha value is -2.24. The molecule has 0 aliphatic carbocycles. The number of anilines is 2. The van der Waals surface area contributed by atoms with Crippen molar-refractivity contribution in [2.45, 2.75) is 73.0 Å². The molecule has 158 valence electrons. The number of amides is 3. The summed E-state index contributed by atoms with van der Waals surface area (Å²) < 4.78 is 0. The van der Waals surface area contributed by atoms with Gasteiger partial charge in [-0.25, -0.2) is 4.79 Å². The smallest absolute Gasteiger partial charge is 0.318 e. The molecule has 0 aromatic heterocycles. The van der Waals surface area contributed by atoms with Gasteiger partial charge in [0, 0.05) is 50.5 Å². The zero-order valence-corrected chi connectivity index (χ0v) is 18.8. The van der Waals surface area contributed by atoms with Gasteiger partial charge in [-0.15, -0.1) is 0 Å². The second-order valence-corrected chi connectivity index (χ2v) is 8.37. The first kappa shape index (κ1) is 23.8. The molecular weight excluding hydrogens is 352 g/mol. The van der Waals surface area contributed by atoms with Crippen LogP contribution in [0.3, 0.4) is 0 Å². The van der Waals surface area contributed by atoms with Gasteiger partial charge >= 0.3 is 6.03 Å². The molecule has 0 saturated heterocycles. The summed E-state index contributed by atoms with van der Waals surface area (Å²) in [7, 11) is 3.97. The van der Waals surface area contributed by atoms with E-state index in [0.717, 1.165) is 23.4 Å². The maximum atomic E-state index is 12.8. The third-order valence-corrected chi connectivity index (χ3v) is 4.58. The maximum absolute atomic E-state index is 12.8. The summed E-state index contributed by atoms with van der Waals surface area (Å²) in [4.78, 5) is 28.8. The largest absolute Gasteiger partial charge is 0.377 e. The molecule has 1 rings (SSSR count). The van der Waals surface area contributed by atoms with Crippen LogP contribution in [0.15, 0.2) is 18.2 Å². The van der Waals surface area contributed by atoms with E-state index in [1.54, 1.807) is 0 Å². The summed E-state index contributed by atoms with van der Waals surface area (Å²) in [5.41, 5.74) is 2.80. The van der Waals surface area contributed by atoms with Gasteiger partial charge in [0.25, 0.3) is 0 Å². The Kier molecular flexibility index (Phi) is 9.29. The number of benzene rings is 1. The maximum Gasteiger partial charge on any atom is 0.318 e. The number of carbonyl (C=O) groups excluding carboxylic acids is 2. The Morgan fingerprint density at radius 3 is 2.21 bits per heavy atom. The van der Waals surface area contributed by atoms with Gasteiger partial charge < -0.3 is 20.4 Å². The molecule has 0 spiro atoms. The summed E-state index contributed by atoms with van der Waals surface area (Å²) in [6, 6.07) is 6.00. The molecule has 0 aliphatic rings. The lowest BCUT2D eigenvalue weighted by Crippen LogP contribution is -2.46. The van der Waals surface area contributed by atoms with E-state index in [-0.39, 0.29) is 24.0 Å². The molecule has 28 heavy (non-hydrogen) atoms. The van der Waals surface area contributed by atoms with E-state index < -0.39 is 0 Å². The van der Waals surface area contributed by atoms with E-state index in [0.29, 0.717) is 18.9 Å². The second kappa shape index (κ2) is 10.9. The van der Waals surface area contributed by atoms with E-state index in [9.17, 15) is 9.59 Å². The van der Waals surface area contributed by atoms with Gasteiger partial charge in [0.05, 0.1) is 0 Å². The first-order chi connectivity index (χ1) is 13.0. The minimum atomic E-state index is -0.0664. The van der Waals surface area contributed by atoms with Gasteiger partial charge in [-0.2, -0.15) is 0 Å². The average molecular weight is 391 g/mol. The van der Waals surface area contributed by atoms with Crippen LogP contribution in [0, 0.1) is 5.92 Å². The lowest BCUT2D eigenvalue weighted by Gasteiger charge is -2.31. The van der Waals surface area contributed by atoms with E-state index in [2.05, 4.69) is 24.5 Å². The molecule has 2 N–H and O–H groups in total. The zero-order chi connectivity index (χ0) is 21.4. The van der Waals surface area contributed by atoms with Gasteiger partial charge in [-0.05, 0) is 56.9 Å². The fraction of sp³-hybridized carbons (Fsp3) is 0.636. The van der Waals surface area contributed by atoms with Crippen molar-refractivity contribution in [1.29, 1.82) is 0 Å². The predicted molar refractivity (Wildman–Crippen MR) is 118 cm³/mol. The normalized spacial score (nSPS) is 12.1. The summed E-state index contributed by atoms with van der Waals surface area (Å²) in [6.07, 6.45) is 1.36. The number of carbonyl (C=O) groups is 2. The van der Waals surface area contributed by atoms with Gasteiger partial charge in [-0.3, -0.25) is 4.79 Å². The Balaban J connectivity index is 3.16. The van der Waals surface area contributed by atoms with Crippen LogP contribution in [0.2, 0.25) is 0 Å². The number of hydrogen-bond donors (Lipinski definition) is 2. The van der Waals surface area contributed by atoms with Crippen LogP contribution in [-0.2, 0) is 11.3 Å². The van der Waals surface area contributed by atoms with Crippen molar-refractivity contribution in [2.75, 3.05) is 24.3 Å². The molecule has 0 aliphatic heterocycles. The van der Waals surface area contributed by atoms with Gasteiger partial charge in [0.1, 0.15) is 0 Å². The van der Waals surface area contributed by atoms with Crippen molar-refractivity contribution in [3.05, 3.63) is 23.8 Å². The first-order valence-electron chi connectivity index (χ1n) is 10.2. The van der Waals surface area contributed by atoms with Crippen molar-refractivity contribution >= 4 is 23.3 Å². The third-order valence-electron chi connectivity index (χ3n) is 4.58. The SMILES string of the molecule is CCC(C)N(Cc1cc(NC(=O)CC(C)C)ccc1N(C)C)C(=O)NC(C)C. The van der Waals surface area contributed by atoms with E-state index >= 15 is 0 Å². The lowest BCUT2D eigenvalue weighted by molar-refractivity contribution is -0.116. The second-order valence-electron chi connectivity index (χ2n) is 8.37. The van der Waals surface area contributed by atoms with Gasteiger partial charge in [0.2, 0.25) is 5.91 Å². The third kappa shape index (κ3) is 7.41. The van der Waals surface area contributed by atoms with Crippen LogP contribution in [0.5, 0.6) is 0 Å². The molecule has 0 radical (unpaired) electrons. The molecule has 1 aromatic carbocycles. The molecule has 6 heteroatoms. The predicted octanol–water partition coefficient (Wildman–Crippen LogP) is 4.46. The first-order valence-corrected chi connectivity index (χ1v) is 10.2. The monoisotopic (exact) mass is 390 g/mol. The Labute approximate surface area is 170 Å². The van der Waals surface area contributed by atoms with E-state index in [1.165, 1.54) is 0 Å². The zero-order valence-electron chi connectivity index (χ0n) is 18.8. The molecule has 0 saturated carbocycles. The number of urea groups is 1. The van der Waals surface area contributed by atoms with E-state index in [1.807, 2.05) is 69.8 Å². The van der Waals surface area contributed by atoms with Crippen LogP contribution in [0.1, 0.15) is 59.9 Å². The number of nitrogens with one attached hydrogen (secondary N) is 2. The summed E-state index contributed by atoms with van der Waals surface area (Å²) in [6.45, 7) is 12.6. The highest BCUT2D eigenvalue weighted by molar-refractivity contribution is 5.91. The number of rotatable bonds is 9. The highest BCUT2D eigenvalue weighted by Gasteiger charge is 2.22. The Morgan fingerprint density at radius 1 is 1.07 bits per heavy atom. The van der Waals surface area contributed by atoms with Crippen LogP contribution in [0.4, 0.5) is 16.2 Å². The number of hydrogen-bond acceptors (Lipinski definition) is 3. The molecule has 1 atom stereocenters. The lowest BCUT2D eigenvalue weighted by atomic mass is 10.1. The van der Waals surface area contributed by atoms with Gasteiger partial charge in [0.15, 0.2) is 0 Å².